The van der Waals surface area contributed by atoms with Gasteiger partial charge in [0, 0.05) is 0 Å². The van der Waals surface area contributed by atoms with Crippen molar-refractivity contribution in [3.63, 3.8) is 0 Å². The van der Waals surface area contributed by atoms with E-state index in [1.165, 1.54) is 14.2 Å². The molecule has 0 bridgehead atoms. The summed E-state index contributed by atoms with van der Waals surface area (Å²) in [5, 5.41) is 7.36. The standard InChI is InChI=1S/C10H12N3O2/c1-7-4-5-8(10(14)15-3)6-9(7)12-13-11-2/h4-6H,1-3H3/q+1. The van der Waals surface area contributed by atoms with E-state index in [-0.39, 0.29) is 5.97 Å². The molecular formula is C10H12N3O2+. The van der Waals surface area contributed by atoms with Gasteiger partial charge < -0.3 is 4.74 Å². The van der Waals surface area contributed by atoms with Crippen molar-refractivity contribution < 1.29 is 9.53 Å². The van der Waals surface area contributed by atoms with Crippen molar-refractivity contribution in [1.82, 2.24) is 4.91 Å². The molecular weight excluding hydrogens is 194 g/mol. The lowest BCUT2D eigenvalue weighted by Crippen LogP contribution is -2.00. The van der Waals surface area contributed by atoms with Gasteiger partial charge in [-0.15, -0.1) is 0 Å². The lowest BCUT2D eigenvalue weighted by atomic mass is 10.1. The van der Waals surface area contributed by atoms with E-state index >= 15 is 0 Å². The Hall–Kier alpha value is -2.00. The Morgan fingerprint density at radius 3 is 2.80 bits per heavy atom. The molecule has 0 aliphatic rings. The third kappa shape index (κ3) is 2.72. The Balaban J connectivity index is 3.16. The molecule has 78 valence electrons. The molecule has 0 N–H and O–H groups in total. The Kier molecular flexibility index (Phi) is 3.71. The molecule has 0 saturated carbocycles. The molecule has 0 radical (unpaired) electrons. The molecule has 15 heavy (non-hydrogen) atoms. The van der Waals surface area contributed by atoms with Crippen molar-refractivity contribution in [2.75, 3.05) is 14.2 Å². The van der Waals surface area contributed by atoms with E-state index in [0.29, 0.717) is 11.3 Å². The predicted octanol–water partition coefficient (Wildman–Crippen LogP) is 2.01. The Morgan fingerprint density at radius 2 is 2.20 bits per heavy atom. The zero-order valence-corrected chi connectivity index (χ0v) is 8.89. The number of aryl methyl sites for hydroxylation is 1. The first kappa shape index (κ1) is 11.1. The second-order valence-corrected chi connectivity index (χ2v) is 2.88. The van der Waals surface area contributed by atoms with Gasteiger partial charge in [-0.3, -0.25) is 0 Å². The molecule has 0 spiro atoms. The second-order valence-electron chi connectivity index (χ2n) is 2.88. The van der Waals surface area contributed by atoms with Crippen molar-refractivity contribution in [3.8, 4) is 0 Å². The van der Waals surface area contributed by atoms with Crippen LogP contribution in [0.3, 0.4) is 0 Å². The third-order valence-corrected chi connectivity index (χ3v) is 1.87. The normalized spacial score (nSPS) is 9.00. The van der Waals surface area contributed by atoms with Gasteiger partial charge in [0.05, 0.1) is 12.7 Å². The lowest BCUT2D eigenvalue weighted by Gasteiger charge is -1.99. The summed E-state index contributed by atoms with van der Waals surface area (Å²) in [4.78, 5) is 14.8. The first-order valence-electron chi connectivity index (χ1n) is 4.38. The van der Waals surface area contributed by atoms with Crippen LogP contribution in [-0.2, 0) is 4.74 Å². The zero-order valence-electron chi connectivity index (χ0n) is 8.89. The quantitative estimate of drug-likeness (QED) is 0.422. The molecule has 0 heterocycles. The highest BCUT2D eigenvalue weighted by Crippen LogP contribution is 2.19. The van der Waals surface area contributed by atoms with Crippen molar-refractivity contribution in [1.29, 1.82) is 0 Å². The maximum Gasteiger partial charge on any atom is 0.337 e. The summed E-state index contributed by atoms with van der Waals surface area (Å²) in [6, 6.07) is 5.09. The fourth-order valence-corrected chi connectivity index (χ4v) is 1.05. The molecule has 0 unspecified atom stereocenters. The molecule has 0 aliphatic heterocycles. The summed E-state index contributed by atoms with van der Waals surface area (Å²) in [6.45, 7) is 1.88. The highest BCUT2D eigenvalue weighted by atomic mass is 16.5. The van der Waals surface area contributed by atoms with Crippen LogP contribution in [0.1, 0.15) is 15.9 Å². The summed E-state index contributed by atoms with van der Waals surface area (Å²) in [7, 11) is 2.87. The van der Waals surface area contributed by atoms with Gasteiger partial charge in [-0.2, -0.15) is 0 Å². The number of nitrogens with zero attached hydrogens (tertiary/aromatic N) is 3. The fraction of sp³-hybridized carbons (Fsp3) is 0.300. The molecule has 0 aromatic heterocycles. The van der Waals surface area contributed by atoms with Gasteiger partial charge in [-0.25, -0.2) is 4.79 Å². The van der Waals surface area contributed by atoms with E-state index in [1.54, 1.807) is 18.2 Å². The van der Waals surface area contributed by atoms with Crippen LogP contribution in [-0.4, -0.2) is 20.1 Å². The van der Waals surface area contributed by atoms with Crippen LogP contribution in [0.25, 0.3) is 0 Å². The van der Waals surface area contributed by atoms with Crippen LogP contribution in [0.4, 0.5) is 5.69 Å². The first-order chi connectivity index (χ1) is 7.19. The molecule has 1 rings (SSSR count). The number of carbonyl (C=O) groups is 1. The van der Waals surface area contributed by atoms with Gasteiger partial charge in [0.15, 0.2) is 10.8 Å². The van der Waals surface area contributed by atoms with Crippen LogP contribution >= 0.6 is 0 Å². The maximum absolute atomic E-state index is 11.2. The van der Waals surface area contributed by atoms with Crippen molar-refractivity contribution in [2.24, 2.45) is 10.2 Å². The predicted molar refractivity (Wildman–Crippen MR) is 55.1 cm³/mol. The van der Waals surface area contributed by atoms with Crippen molar-refractivity contribution >= 4 is 11.7 Å². The van der Waals surface area contributed by atoms with Crippen LogP contribution < -0.4 is 4.91 Å². The maximum atomic E-state index is 11.2. The first-order valence-corrected chi connectivity index (χ1v) is 4.38. The minimum Gasteiger partial charge on any atom is -0.465 e. The molecule has 1 aromatic carbocycles. The molecule has 5 heteroatoms. The fourth-order valence-electron chi connectivity index (χ4n) is 1.05. The van der Waals surface area contributed by atoms with Gasteiger partial charge in [0.25, 0.3) is 0 Å². The van der Waals surface area contributed by atoms with E-state index in [4.69, 9.17) is 0 Å². The summed E-state index contributed by atoms with van der Waals surface area (Å²) in [6.07, 6.45) is 0. The average molecular weight is 206 g/mol. The Morgan fingerprint density at radius 1 is 1.47 bits per heavy atom. The summed E-state index contributed by atoms with van der Waals surface area (Å²) < 4.78 is 4.60. The van der Waals surface area contributed by atoms with Crippen LogP contribution in [0.5, 0.6) is 0 Å². The molecule has 0 aliphatic carbocycles. The average Bonchev–Trinajstić information content (AvgIpc) is 2.27. The van der Waals surface area contributed by atoms with Crippen molar-refractivity contribution in [2.45, 2.75) is 6.92 Å². The van der Waals surface area contributed by atoms with Gasteiger partial charge in [-0.05, 0) is 24.6 Å². The molecule has 1 aromatic rings. The minimum atomic E-state index is -0.389. The number of ether oxygens (including phenoxy) is 1. The van der Waals surface area contributed by atoms with E-state index < -0.39 is 0 Å². The topological polar surface area (TPSA) is 65.1 Å². The van der Waals surface area contributed by atoms with Gasteiger partial charge in [-0.1, -0.05) is 6.07 Å². The van der Waals surface area contributed by atoms with Crippen molar-refractivity contribution in [3.05, 3.63) is 29.3 Å². The highest BCUT2D eigenvalue weighted by molar-refractivity contribution is 5.90. The number of esters is 1. The van der Waals surface area contributed by atoms with E-state index in [9.17, 15) is 4.79 Å². The highest BCUT2D eigenvalue weighted by Gasteiger charge is 2.09. The summed E-state index contributed by atoms with van der Waals surface area (Å²) in [5.41, 5.74) is 1.99. The number of hydrogen-bond acceptors (Lipinski definition) is 4. The molecule has 0 amide bonds. The summed E-state index contributed by atoms with van der Waals surface area (Å²) in [5.74, 6) is -0.389. The van der Waals surface area contributed by atoms with Crippen LogP contribution in [0.15, 0.2) is 28.4 Å². The van der Waals surface area contributed by atoms with Gasteiger partial charge >= 0.3 is 5.97 Å². The Labute approximate surface area is 87.5 Å². The molecule has 0 fully saturated rings. The Bertz CT molecular complexity index is 434. The largest absolute Gasteiger partial charge is 0.465 e. The number of hydrogen-bond donors (Lipinski definition) is 0. The number of rotatable bonds is 2. The number of methoxy groups -OCH3 is 1. The smallest absolute Gasteiger partial charge is 0.337 e. The number of carbonyl (C=O) groups excluding carboxylic acids is 1. The van der Waals surface area contributed by atoms with E-state index in [0.717, 1.165) is 5.56 Å². The van der Waals surface area contributed by atoms with E-state index in [1.807, 2.05) is 6.92 Å². The van der Waals surface area contributed by atoms with Gasteiger partial charge in [0.2, 0.25) is 4.91 Å². The zero-order chi connectivity index (χ0) is 11.3. The van der Waals surface area contributed by atoms with Gasteiger partial charge in [0.1, 0.15) is 12.2 Å². The third-order valence-electron chi connectivity index (χ3n) is 1.87. The molecule has 5 nitrogen and oxygen atoms in total. The second kappa shape index (κ2) is 5.02. The SMILES string of the molecule is CN=[N+]=Nc1cc(C(=O)OC)ccc1C. The monoisotopic (exact) mass is 206 g/mol. The van der Waals surface area contributed by atoms with Crippen LogP contribution in [0, 0.1) is 6.92 Å². The van der Waals surface area contributed by atoms with E-state index in [2.05, 4.69) is 19.9 Å². The summed E-state index contributed by atoms with van der Waals surface area (Å²) >= 11 is 0. The minimum absolute atomic E-state index is 0.389. The van der Waals surface area contributed by atoms with Crippen LogP contribution in [0.2, 0.25) is 0 Å². The number of benzene rings is 1. The molecule has 0 saturated heterocycles. The lowest BCUT2D eigenvalue weighted by molar-refractivity contribution is 0.0601. The molecule has 0 atom stereocenters.